The van der Waals surface area contributed by atoms with Gasteiger partial charge in [-0.15, -0.1) is 12.4 Å². The summed E-state index contributed by atoms with van der Waals surface area (Å²) in [5.74, 6) is 0.157. The van der Waals surface area contributed by atoms with Crippen molar-refractivity contribution >= 4 is 18.2 Å². The van der Waals surface area contributed by atoms with Gasteiger partial charge in [-0.3, -0.25) is 4.79 Å². The van der Waals surface area contributed by atoms with E-state index in [0.29, 0.717) is 6.42 Å². The molecule has 0 aromatic heterocycles. The largest absolute Gasteiger partial charge is 0.305 e. The van der Waals surface area contributed by atoms with E-state index < -0.39 is 0 Å². The molecule has 0 spiro atoms. The van der Waals surface area contributed by atoms with Crippen molar-refractivity contribution in [1.82, 2.24) is 5.32 Å². The van der Waals surface area contributed by atoms with Gasteiger partial charge in [-0.25, -0.2) is 0 Å². The zero-order valence-corrected chi connectivity index (χ0v) is 14.8. The average Bonchev–Trinajstić information content (AvgIpc) is 2.67. The summed E-state index contributed by atoms with van der Waals surface area (Å²) in [4.78, 5) is 12.6. The van der Waals surface area contributed by atoms with Crippen LogP contribution in [0.15, 0.2) is 91.0 Å². The monoisotopic (exact) mass is 351 g/mol. The van der Waals surface area contributed by atoms with Crippen LogP contribution in [-0.2, 0) is 6.54 Å². The van der Waals surface area contributed by atoms with Gasteiger partial charge >= 0.3 is 0 Å². The minimum atomic E-state index is -0.000822. The zero-order chi connectivity index (χ0) is 16.6. The molecule has 25 heavy (non-hydrogen) atoms. The second kappa shape index (κ2) is 9.77. The molecule has 128 valence electrons. The number of hydrogen-bond acceptors (Lipinski definition) is 2. The van der Waals surface area contributed by atoms with Crippen LogP contribution in [0.4, 0.5) is 0 Å². The fourth-order valence-corrected chi connectivity index (χ4v) is 2.76. The van der Waals surface area contributed by atoms with Crippen molar-refractivity contribution in [1.29, 1.82) is 0 Å². The van der Waals surface area contributed by atoms with Gasteiger partial charge in [0.05, 0.1) is 0 Å². The standard InChI is InChI=1S/C22H21NO.ClH/c24-22(20-14-8-3-9-15-20)16-21(19-12-6-2-7-13-19)23-17-18-10-4-1-5-11-18;/h1-15,21,23H,16-17H2;1H. The van der Waals surface area contributed by atoms with E-state index >= 15 is 0 Å². The highest BCUT2D eigenvalue weighted by molar-refractivity contribution is 5.96. The lowest BCUT2D eigenvalue weighted by Crippen LogP contribution is -2.23. The summed E-state index contributed by atoms with van der Waals surface area (Å²) in [6, 6.07) is 29.9. The lowest BCUT2D eigenvalue weighted by Gasteiger charge is -2.19. The van der Waals surface area contributed by atoms with E-state index in [4.69, 9.17) is 0 Å². The van der Waals surface area contributed by atoms with Crippen LogP contribution < -0.4 is 5.32 Å². The average molecular weight is 352 g/mol. The van der Waals surface area contributed by atoms with Gasteiger partial charge in [0.15, 0.2) is 5.78 Å². The quantitative estimate of drug-likeness (QED) is 0.592. The molecule has 2 nitrogen and oxygen atoms in total. The Balaban J connectivity index is 0.00000225. The van der Waals surface area contributed by atoms with Gasteiger partial charge in [0.25, 0.3) is 0 Å². The van der Waals surface area contributed by atoms with Crippen molar-refractivity contribution in [3.8, 4) is 0 Å². The third-order valence-corrected chi connectivity index (χ3v) is 4.08. The maximum Gasteiger partial charge on any atom is 0.164 e. The predicted molar refractivity (Wildman–Crippen MR) is 105 cm³/mol. The van der Waals surface area contributed by atoms with Crippen molar-refractivity contribution in [3.63, 3.8) is 0 Å². The molecular formula is C22H22ClNO. The Kier molecular flexibility index (Phi) is 7.39. The smallest absolute Gasteiger partial charge is 0.164 e. The van der Waals surface area contributed by atoms with E-state index in [0.717, 1.165) is 17.7 Å². The Labute approximate surface area is 155 Å². The SMILES string of the molecule is Cl.O=C(CC(NCc1ccccc1)c1ccccc1)c1ccccc1. The fraction of sp³-hybridized carbons (Fsp3) is 0.136. The van der Waals surface area contributed by atoms with Gasteiger partial charge in [-0.1, -0.05) is 91.0 Å². The molecule has 0 aliphatic heterocycles. The first-order valence-corrected chi connectivity index (χ1v) is 8.23. The Bertz CT molecular complexity index is 760. The third kappa shape index (κ3) is 5.56. The molecule has 0 saturated heterocycles. The maximum atomic E-state index is 12.6. The summed E-state index contributed by atoms with van der Waals surface area (Å²) in [5.41, 5.74) is 3.11. The van der Waals surface area contributed by atoms with Crippen LogP contribution in [0.2, 0.25) is 0 Å². The number of carbonyl (C=O) groups is 1. The first-order chi connectivity index (χ1) is 11.8. The maximum absolute atomic E-state index is 12.6. The van der Waals surface area contributed by atoms with Crippen LogP contribution in [0, 0.1) is 0 Å². The number of Topliss-reactive ketones (excluding diaryl/α,β-unsaturated/α-hetero) is 1. The molecule has 0 fully saturated rings. The predicted octanol–water partition coefficient (Wildman–Crippen LogP) is 5.21. The molecule has 1 unspecified atom stereocenters. The molecule has 0 amide bonds. The molecular weight excluding hydrogens is 330 g/mol. The molecule has 3 rings (SSSR count). The molecule has 1 atom stereocenters. The van der Waals surface area contributed by atoms with E-state index in [1.165, 1.54) is 5.56 Å². The van der Waals surface area contributed by atoms with Crippen LogP contribution in [0.5, 0.6) is 0 Å². The number of rotatable bonds is 7. The molecule has 0 aliphatic carbocycles. The lowest BCUT2D eigenvalue weighted by atomic mass is 9.97. The first kappa shape index (κ1) is 18.9. The molecule has 0 aliphatic rings. The summed E-state index contributed by atoms with van der Waals surface area (Å²) in [6.07, 6.45) is 0.445. The van der Waals surface area contributed by atoms with Crippen LogP contribution in [-0.4, -0.2) is 5.78 Å². The van der Waals surface area contributed by atoms with Gasteiger partial charge < -0.3 is 5.32 Å². The normalized spacial score (nSPS) is 11.4. The van der Waals surface area contributed by atoms with E-state index in [-0.39, 0.29) is 24.2 Å². The number of halogens is 1. The van der Waals surface area contributed by atoms with Crippen molar-refractivity contribution < 1.29 is 4.79 Å². The number of ketones is 1. The van der Waals surface area contributed by atoms with Crippen LogP contribution in [0.1, 0.15) is 33.9 Å². The second-order valence-electron chi connectivity index (χ2n) is 5.82. The van der Waals surface area contributed by atoms with Gasteiger partial charge in [-0.2, -0.15) is 0 Å². The number of nitrogens with one attached hydrogen (secondary N) is 1. The summed E-state index contributed by atoms with van der Waals surface area (Å²) in [6.45, 7) is 0.739. The molecule has 3 aromatic carbocycles. The summed E-state index contributed by atoms with van der Waals surface area (Å²) < 4.78 is 0. The van der Waals surface area contributed by atoms with Crippen LogP contribution >= 0.6 is 12.4 Å². The van der Waals surface area contributed by atoms with Gasteiger partial charge in [0.1, 0.15) is 0 Å². The van der Waals surface area contributed by atoms with Gasteiger partial charge in [0, 0.05) is 24.6 Å². The molecule has 0 saturated carbocycles. The molecule has 1 N–H and O–H groups in total. The number of carbonyl (C=O) groups excluding carboxylic acids is 1. The topological polar surface area (TPSA) is 29.1 Å². The van der Waals surface area contributed by atoms with E-state index in [1.54, 1.807) is 0 Å². The Morgan fingerprint density at radius 1 is 0.760 bits per heavy atom. The lowest BCUT2D eigenvalue weighted by molar-refractivity contribution is 0.0968. The third-order valence-electron chi connectivity index (χ3n) is 4.08. The highest BCUT2D eigenvalue weighted by Gasteiger charge is 2.16. The molecule has 0 radical (unpaired) electrons. The zero-order valence-electron chi connectivity index (χ0n) is 14.0. The summed E-state index contributed by atoms with van der Waals surface area (Å²) in [5, 5.41) is 3.53. The highest BCUT2D eigenvalue weighted by atomic mass is 35.5. The Morgan fingerprint density at radius 3 is 1.88 bits per heavy atom. The summed E-state index contributed by atoms with van der Waals surface area (Å²) in [7, 11) is 0. The van der Waals surface area contributed by atoms with Crippen molar-refractivity contribution in [2.24, 2.45) is 0 Å². The van der Waals surface area contributed by atoms with Crippen molar-refractivity contribution in [3.05, 3.63) is 108 Å². The second-order valence-corrected chi connectivity index (χ2v) is 5.82. The number of hydrogen-bond donors (Lipinski definition) is 1. The first-order valence-electron chi connectivity index (χ1n) is 8.23. The number of benzene rings is 3. The van der Waals surface area contributed by atoms with E-state index in [9.17, 15) is 4.79 Å². The van der Waals surface area contributed by atoms with E-state index in [1.807, 2.05) is 66.7 Å². The van der Waals surface area contributed by atoms with Crippen molar-refractivity contribution in [2.75, 3.05) is 0 Å². The Morgan fingerprint density at radius 2 is 1.28 bits per heavy atom. The molecule has 3 heteroatoms. The summed E-state index contributed by atoms with van der Waals surface area (Å²) >= 11 is 0. The minimum Gasteiger partial charge on any atom is -0.305 e. The van der Waals surface area contributed by atoms with Crippen molar-refractivity contribution in [2.45, 2.75) is 19.0 Å². The van der Waals surface area contributed by atoms with Crippen LogP contribution in [0.25, 0.3) is 0 Å². The molecule has 0 heterocycles. The van der Waals surface area contributed by atoms with Gasteiger partial charge in [0.2, 0.25) is 0 Å². The minimum absolute atomic E-state index is 0. The Hall–Kier alpha value is -2.42. The fourth-order valence-electron chi connectivity index (χ4n) is 2.76. The van der Waals surface area contributed by atoms with Crippen LogP contribution in [0.3, 0.4) is 0 Å². The highest BCUT2D eigenvalue weighted by Crippen LogP contribution is 2.20. The van der Waals surface area contributed by atoms with E-state index in [2.05, 4.69) is 29.6 Å². The molecule has 0 bridgehead atoms. The van der Waals surface area contributed by atoms with Gasteiger partial charge in [-0.05, 0) is 11.1 Å². The molecule has 3 aromatic rings.